The van der Waals surface area contributed by atoms with Crippen molar-refractivity contribution < 1.29 is 18.3 Å². The second kappa shape index (κ2) is 6.38. The van der Waals surface area contributed by atoms with Crippen LogP contribution in [-0.4, -0.2) is 48.3 Å². The molecule has 0 saturated carbocycles. The van der Waals surface area contributed by atoms with Crippen LogP contribution in [-0.2, 0) is 4.74 Å². The Balaban J connectivity index is 1.71. The summed E-state index contributed by atoms with van der Waals surface area (Å²) in [5.74, 6) is 0.0488. The molecular weight excluding hydrogens is 356 g/mol. The largest absolute Gasteiger partial charge is 0.444 e. The lowest BCUT2D eigenvalue weighted by molar-refractivity contribution is 0.00427. The van der Waals surface area contributed by atoms with Crippen LogP contribution in [0.1, 0.15) is 70.2 Å². The van der Waals surface area contributed by atoms with Gasteiger partial charge >= 0.3 is 6.09 Å². The molecule has 2 fully saturated rings. The van der Waals surface area contributed by atoms with Crippen LogP contribution in [0.15, 0.2) is 12.4 Å². The van der Waals surface area contributed by atoms with Crippen molar-refractivity contribution in [1.82, 2.24) is 24.5 Å². The Morgan fingerprint density at radius 1 is 1.26 bits per heavy atom. The number of nitrogens with zero attached hydrogens (tertiary/aromatic N) is 5. The fourth-order valence-electron chi connectivity index (χ4n) is 4.33. The van der Waals surface area contributed by atoms with Gasteiger partial charge in [-0.25, -0.2) is 23.1 Å². The standard InChI is InChI=1S/C18H23F2N5O2/c1-18(2,3)27-17(26)24-10-4-6-11(13(24)7-5-10)14-8-12(15(19)20)23-16-21-9-22-25(14)16/h8-11,13,15H,4-7H2,1-3H3/t10-,11-,13-/m0/s1. The number of carbonyl (C=O) groups is 1. The Labute approximate surface area is 155 Å². The van der Waals surface area contributed by atoms with Gasteiger partial charge in [0.25, 0.3) is 12.2 Å². The molecule has 9 heteroatoms. The number of fused-ring (bicyclic) bond motifs is 3. The van der Waals surface area contributed by atoms with Crippen molar-refractivity contribution in [2.45, 2.75) is 76.5 Å². The quantitative estimate of drug-likeness (QED) is 0.795. The van der Waals surface area contributed by atoms with Gasteiger partial charge in [0, 0.05) is 18.0 Å². The normalized spacial score (nSPS) is 25.4. The average molecular weight is 379 g/mol. The van der Waals surface area contributed by atoms with Crippen LogP contribution in [0.25, 0.3) is 5.78 Å². The second-order valence-electron chi connectivity index (χ2n) is 8.25. The number of alkyl halides is 2. The first-order valence-corrected chi connectivity index (χ1v) is 9.24. The number of halogens is 2. The van der Waals surface area contributed by atoms with Crippen molar-refractivity contribution in [2.75, 3.05) is 0 Å². The molecule has 0 spiro atoms. The summed E-state index contributed by atoms with van der Waals surface area (Å²) < 4.78 is 33.8. The zero-order valence-electron chi connectivity index (χ0n) is 15.6. The zero-order valence-corrected chi connectivity index (χ0v) is 15.6. The fourth-order valence-corrected chi connectivity index (χ4v) is 4.33. The minimum absolute atomic E-state index is 0.0982. The van der Waals surface area contributed by atoms with Crippen LogP contribution in [0.3, 0.4) is 0 Å². The number of piperidine rings is 1. The molecule has 2 aliphatic rings. The van der Waals surface area contributed by atoms with E-state index in [1.165, 1.54) is 16.9 Å². The second-order valence-corrected chi connectivity index (χ2v) is 8.25. The molecule has 0 aliphatic carbocycles. The highest BCUT2D eigenvalue weighted by Gasteiger charge is 2.47. The van der Waals surface area contributed by atoms with Crippen molar-refractivity contribution in [3.8, 4) is 0 Å². The molecule has 0 radical (unpaired) electrons. The van der Waals surface area contributed by atoms with E-state index in [-0.39, 0.29) is 35.6 Å². The molecule has 1 amide bonds. The van der Waals surface area contributed by atoms with Crippen LogP contribution in [0.5, 0.6) is 0 Å². The van der Waals surface area contributed by atoms with Crippen LogP contribution in [0.4, 0.5) is 13.6 Å². The average Bonchev–Trinajstić information content (AvgIpc) is 3.16. The maximum atomic E-state index is 13.3. The topological polar surface area (TPSA) is 72.6 Å². The minimum Gasteiger partial charge on any atom is -0.444 e. The van der Waals surface area contributed by atoms with Gasteiger partial charge in [0.2, 0.25) is 0 Å². The molecule has 2 aromatic heterocycles. The number of amides is 1. The molecule has 7 nitrogen and oxygen atoms in total. The van der Waals surface area contributed by atoms with Gasteiger partial charge in [0.05, 0.1) is 5.69 Å². The van der Waals surface area contributed by atoms with E-state index >= 15 is 0 Å². The highest BCUT2D eigenvalue weighted by atomic mass is 19.3. The first-order valence-electron chi connectivity index (χ1n) is 9.24. The smallest absolute Gasteiger partial charge is 0.410 e. The molecule has 0 unspecified atom stereocenters. The SMILES string of the molecule is CC(C)(C)OC(=O)N1[C@H]2CC[C@H](c3cc(C(F)F)nc4ncnn34)[C@@H]1CC2. The summed E-state index contributed by atoms with van der Waals surface area (Å²) in [5.41, 5.74) is -0.261. The molecule has 0 aromatic carbocycles. The van der Waals surface area contributed by atoms with E-state index in [1.807, 2.05) is 25.7 Å². The van der Waals surface area contributed by atoms with Gasteiger partial charge in [-0.3, -0.25) is 0 Å². The summed E-state index contributed by atoms with van der Waals surface area (Å²) in [6, 6.07) is 1.45. The molecule has 27 heavy (non-hydrogen) atoms. The van der Waals surface area contributed by atoms with E-state index in [0.717, 1.165) is 25.7 Å². The Morgan fingerprint density at radius 2 is 2.00 bits per heavy atom. The van der Waals surface area contributed by atoms with E-state index in [1.54, 1.807) is 0 Å². The monoisotopic (exact) mass is 379 g/mol. The first kappa shape index (κ1) is 18.1. The molecule has 4 heterocycles. The van der Waals surface area contributed by atoms with Gasteiger partial charge in [0.15, 0.2) is 0 Å². The molecule has 2 saturated heterocycles. The van der Waals surface area contributed by atoms with Crippen LogP contribution in [0.2, 0.25) is 0 Å². The maximum absolute atomic E-state index is 13.3. The minimum atomic E-state index is -2.69. The maximum Gasteiger partial charge on any atom is 0.410 e. The van der Waals surface area contributed by atoms with Gasteiger partial charge in [-0.05, 0) is 52.5 Å². The summed E-state index contributed by atoms with van der Waals surface area (Å²) >= 11 is 0. The summed E-state index contributed by atoms with van der Waals surface area (Å²) in [6.07, 6.45) is 1.61. The lowest BCUT2D eigenvalue weighted by Gasteiger charge is -2.40. The molecule has 2 aromatic rings. The predicted molar refractivity (Wildman–Crippen MR) is 92.6 cm³/mol. The summed E-state index contributed by atoms with van der Waals surface area (Å²) in [7, 11) is 0. The predicted octanol–water partition coefficient (Wildman–Crippen LogP) is 3.71. The van der Waals surface area contributed by atoms with Gasteiger partial charge in [-0.1, -0.05) is 0 Å². The summed E-state index contributed by atoms with van der Waals surface area (Å²) in [5, 5.41) is 4.17. The molecule has 4 rings (SSSR count). The number of ether oxygens (including phenoxy) is 1. The third-order valence-corrected chi connectivity index (χ3v) is 5.33. The molecule has 146 valence electrons. The van der Waals surface area contributed by atoms with E-state index < -0.39 is 12.0 Å². The zero-order chi connectivity index (χ0) is 19.3. The van der Waals surface area contributed by atoms with E-state index in [9.17, 15) is 13.6 Å². The molecule has 2 bridgehead atoms. The Kier molecular flexibility index (Phi) is 4.27. The van der Waals surface area contributed by atoms with Crippen LogP contribution in [0, 0.1) is 0 Å². The number of carbonyl (C=O) groups excluding carboxylic acids is 1. The van der Waals surface area contributed by atoms with E-state index in [0.29, 0.717) is 5.69 Å². The Hall–Kier alpha value is -2.32. The van der Waals surface area contributed by atoms with Crippen molar-refractivity contribution in [3.63, 3.8) is 0 Å². The van der Waals surface area contributed by atoms with Gasteiger partial charge in [-0.15, -0.1) is 0 Å². The number of rotatable bonds is 2. The summed E-state index contributed by atoms with van der Waals surface area (Å²) in [4.78, 5) is 22.5. The number of aromatic nitrogens is 4. The summed E-state index contributed by atoms with van der Waals surface area (Å²) in [6.45, 7) is 5.51. The molecule has 3 atom stereocenters. The number of hydrogen-bond acceptors (Lipinski definition) is 5. The third-order valence-electron chi connectivity index (χ3n) is 5.33. The van der Waals surface area contributed by atoms with Crippen LogP contribution >= 0.6 is 0 Å². The van der Waals surface area contributed by atoms with Gasteiger partial charge in [0.1, 0.15) is 17.6 Å². The van der Waals surface area contributed by atoms with Crippen molar-refractivity contribution in [2.24, 2.45) is 0 Å². The molecule has 0 N–H and O–H groups in total. The fraction of sp³-hybridized carbons (Fsp3) is 0.667. The lowest BCUT2D eigenvalue weighted by Crippen LogP contribution is -2.49. The lowest BCUT2D eigenvalue weighted by atomic mass is 9.87. The van der Waals surface area contributed by atoms with Gasteiger partial charge in [-0.2, -0.15) is 10.1 Å². The third kappa shape index (κ3) is 3.23. The van der Waals surface area contributed by atoms with Crippen molar-refractivity contribution >= 4 is 11.9 Å². The van der Waals surface area contributed by atoms with Crippen molar-refractivity contribution in [1.29, 1.82) is 0 Å². The molecule has 2 aliphatic heterocycles. The van der Waals surface area contributed by atoms with Gasteiger partial charge < -0.3 is 9.64 Å². The number of hydrogen-bond donors (Lipinski definition) is 0. The highest BCUT2D eigenvalue weighted by molar-refractivity contribution is 5.70. The first-order chi connectivity index (χ1) is 12.7. The van der Waals surface area contributed by atoms with Crippen LogP contribution < -0.4 is 0 Å². The Morgan fingerprint density at radius 3 is 2.70 bits per heavy atom. The highest BCUT2D eigenvalue weighted by Crippen LogP contribution is 2.44. The van der Waals surface area contributed by atoms with E-state index in [2.05, 4.69) is 15.1 Å². The Bertz CT molecular complexity index is 863. The van der Waals surface area contributed by atoms with E-state index in [4.69, 9.17) is 4.74 Å². The van der Waals surface area contributed by atoms with Crippen molar-refractivity contribution in [3.05, 3.63) is 23.8 Å². The molecular formula is C18H23F2N5O2.